The van der Waals surface area contributed by atoms with E-state index in [1.165, 1.54) is 11.1 Å². The van der Waals surface area contributed by atoms with Crippen molar-refractivity contribution in [2.45, 2.75) is 32.2 Å². The first-order valence-electron chi connectivity index (χ1n) is 9.77. The molecule has 30 heavy (non-hydrogen) atoms. The van der Waals surface area contributed by atoms with Crippen LogP contribution in [0.4, 0.5) is 5.13 Å². The van der Waals surface area contributed by atoms with E-state index in [2.05, 4.69) is 62.2 Å². The summed E-state index contributed by atoms with van der Waals surface area (Å²) in [7, 11) is 0. The van der Waals surface area contributed by atoms with Gasteiger partial charge in [0.15, 0.2) is 5.13 Å². The molecule has 0 aliphatic heterocycles. The maximum atomic E-state index is 13.3. The van der Waals surface area contributed by atoms with Crippen molar-refractivity contribution in [1.82, 2.24) is 9.97 Å². The number of pyridine rings is 1. The molecule has 0 N–H and O–H groups in total. The van der Waals surface area contributed by atoms with Crippen molar-refractivity contribution in [2.24, 2.45) is 0 Å². The molecule has 0 saturated carbocycles. The highest BCUT2D eigenvalue weighted by Crippen LogP contribution is 2.34. The van der Waals surface area contributed by atoms with Gasteiger partial charge in [-0.05, 0) is 55.7 Å². The van der Waals surface area contributed by atoms with E-state index in [0.717, 1.165) is 31.4 Å². The van der Waals surface area contributed by atoms with Gasteiger partial charge in [-0.3, -0.25) is 14.7 Å². The number of thioether (sulfide) groups is 1. The van der Waals surface area contributed by atoms with Crippen molar-refractivity contribution >= 4 is 44.4 Å². The lowest BCUT2D eigenvalue weighted by Crippen LogP contribution is -2.31. The van der Waals surface area contributed by atoms with Crippen molar-refractivity contribution < 1.29 is 4.79 Å². The van der Waals surface area contributed by atoms with Crippen LogP contribution < -0.4 is 4.90 Å². The third-order valence-electron chi connectivity index (χ3n) is 4.91. The number of rotatable bonds is 6. The molecule has 152 valence electrons. The Bertz CT molecular complexity index is 1130. The molecule has 2 aromatic heterocycles. The van der Waals surface area contributed by atoms with E-state index in [1.54, 1.807) is 40.4 Å². The van der Waals surface area contributed by atoms with E-state index >= 15 is 0 Å². The standard InChI is InChI=1S/C24H23N3OS2/c1-16-6-10-20(11-7-16)29-15-21(28)27(14-19-5-4-12-25-13-19)24-26-22-17(2)8-9-18(3)23(22)30-24/h4-13H,14-15H2,1-3H3. The number of nitrogens with zero attached hydrogens (tertiary/aromatic N) is 3. The number of hydrogen-bond acceptors (Lipinski definition) is 5. The van der Waals surface area contributed by atoms with Gasteiger partial charge in [-0.25, -0.2) is 4.98 Å². The lowest BCUT2D eigenvalue weighted by atomic mass is 10.1. The van der Waals surface area contributed by atoms with Gasteiger partial charge in [-0.2, -0.15) is 0 Å². The number of carbonyl (C=O) groups excluding carboxylic acids is 1. The number of aromatic nitrogens is 2. The predicted molar refractivity (Wildman–Crippen MR) is 126 cm³/mol. The van der Waals surface area contributed by atoms with Crippen molar-refractivity contribution in [2.75, 3.05) is 10.7 Å². The Hall–Kier alpha value is -2.70. The van der Waals surface area contributed by atoms with Gasteiger partial charge in [0.05, 0.1) is 22.5 Å². The zero-order chi connectivity index (χ0) is 21.1. The summed E-state index contributed by atoms with van der Waals surface area (Å²) in [6.07, 6.45) is 3.55. The van der Waals surface area contributed by atoms with Crippen LogP contribution >= 0.6 is 23.1 Å². The van der Waals surface area contributed by atoms with Gasteiger partial charge in [0, 0.05) is 17.3 Å². The van der Waals surface area contributed by atoms with E-state index in [1.807, 2.05) is 12.1 Å². The fourth-order valence-electron chi connectivity index (χ4n) is 3.16. The van der Waals surface area contributed by atoms with Gasteiger partial charge in [-0.15, -0.1) is 11.8 Å². The van der Waals surface area contributed by atoms with E-state index < -0.39 is 0 Å². The van der Waals surface area contributed by atoms with Crippen molar-refractivity contribution in [3.63, 3.8) is 0 Å². The molecule has 1 amide bonds. The van der Waals surface area contributed by atoms with Crippen LogP contribution in [0.15, 0.2) is 65.8 Å². The topological polar surface area (TPSA) is 46.1 Å². The molecule has 0 unspecified atom stereocenters. The van der Waals surface area contributed by atoms with E-state index in [0.29, 0.717) is 12.3 Å². The highest BCUT2D eigenvalue weighted by atomic mass is 32.2. The fourth-order valence-corrected chi connectivity index (χ4v) is 5.06. The number of anilines is 1. The van der Waals surface area contributed by atoms with Crippen LogP contribution in [-0.4, -0.2) is 21.6 Å². The highest BCUT2D eigenvalue weighted by molar-refractivity contribution is 8.00. The average Bonchev–Trinajstić information content (AvgIpc) is 3.21. The molecule has 6 heteroatoms. The predicted octanol–water partition coefficient (Wildman–Crippen LogP) is 5.94. The minimum Gasteiger partial charge on any atom is -0.283 e. The van der Waals surface area contributed by atoms with Gasteiger partial charge in [0.2, 0.25) is 5.91 Å². The summed E-state index contributed by atoms with van der Waals surface area (Å²) in [5.41, 5.74) is 5.48. The molecular weight excluding hydrogens is 410 g/mol. The highest BCUT2D eigenvalue weighted by Gasteiger charge is 2.21. The summed E-state index contributed by atoms with van der Waals surface area (Å²) < 4.78 is 1.14. The van der Waals surface area contributed by atoms with Crippen molar-refractivity contribution in [3.05, 3.63) is 83.2 Å². The zero-order valence-corrected chi connectivity index (χ0v) is 18.9. The van der Waals surface area contributed by atoms with Crippen LogP contribution in [0.25, 0.3) is 10.2 Å². The third-order valence-corrected chi connectivity index (χ3v) is 7.12. The van der Waals surface area contributed by atoms with Gasteiger partial charge in [0.1, 0.15) is 0 Å². The summed E-state index contributed by atoms with van der Waals surface area (Å²) in [5.74, 6) is 0.399. The van der Waals surface area contributed by atoms with Crippen LogP contribution in [0, 0.1) is 20.8 Å². The molecule has 0 aliphatic rings. The smallest absolute Gasteiger partial charge is 0.239 e. The Morgan fingerprint density at radius 2 is 1.80 bits per heavy atom. The molecule has 4 rings (SSSR count). The summed E-state index contributed by atoms with van der Waals surface area (Å²) in [5, 5.41) is 0.737. The summed E-state index contributed by atoms with van der Waals surface area (Å²) in [6.45, 7) is 6.67. The van der Waals surface area contributed by atoms with Crippen LogP contribution in [0.1, 0.15) is 22.3 Å². The Morgan fingerprint density at radius 3 is 2.50 bits per heavy atom. The SMILES string of the molecule is Cc1ccc(SCC(=O)N(Cc2cccnc2)c2nc3c(C)ccc(C)c3s2)cc1. The van der Waals surface area contributed by atoms with E-state index in [-0.39, 0.29) is 5.91 Å². The van der Waals surface area contributed by atoms with Crippen molar-refractivity contribution in [1.29, 1.82) is 0 Å². The molecule has 0 aliphatic carbocycles. The Morgan fingerprint density at radius 1 is 1.03 bits per heavy atom. The second kappa shape index (κ2) is 8.98. The second-order valence-electron chi connectivity index (χ2n) is 7.32. The van der Waals surface area contributed by atoms with Crippen LogP contribution in [0.3, 0.4) is 0 Å². The van der Waals surface area contributed by atoms with Gasteiger partial charge in [-0.1, -0.05) is 47.2 Å². The summed E-state index contributed by atoms with van der Waals surface area (Å²) in [6, 6.07) is 16.3. The molecule has 2 aromatic carbocycles. The Kier molecular flexibility index (Phi) is 6.16. The summed E-state index contributed by atoms with van der Waals surface area (Å²) >= 11 is 3.14. The fraction of sp³-hybridized carbons (Fsp3) is 0.208. The maximum Gasteiger partial charge on any atom is 0.239 e. The Labute approximate surface area is 185 Å². The quantitative estimate of drug-likeness (QED) is 0.353. The summed E-state index contributed by atoms with van der Waals surface area (Å²) in [4.78, 5) is 25.2. The van der Waals surface area contributed by atoms with E-state index in [9.17, 15) is 4.79 Å². The normalized spacial score (nSPS) is 11.0. The number of aryl methyl sites for hydroxylation is 3. The number of fused-ring (bicyclic) bond motifs is 1. The molecule has 0 spiro atoms. The first-order valence-corrected chi connectivity index (χ1v) is 11.6. The minimum absolute atomic E-state index is 0.0405. The van der Waals surface area contributed by atoms with Crippen LogP contribution in [0.5, 0.6) is 0 Å². The number of carbonyl (C=O) groups is 1. The Balaban J connectivity index is 1.64. The van der Waals surface area contributed by atoms with Crippen LogP contribution in [-0.2, 0) is 11.3 Å². The molecule has 0 atom stereocenters. The number of hydrogen-bond donors (Lipinski definition) is 0. The first-order chi connectivity index (χ1) is 14.5. The largest absolute Gasteiger partial charge is 0.283 e. The zero-order valence-electron chi connectivity index (χ0n) is 17.3. The molecular formula is C24H23N3OS2. The number of thiazole rings is 1. The average molecular weight is 434 g/mol. The second-order valence-corrected chi connectivity index (χ2v) is 9.34. The van der Waals surface area contributed by atoms with Gasteiger partial charge < -0.3 is 0 Å². The first kappa shape index (κ1) is 20.6. The van der Waals surface area contributed by atoms with Crippen LogP contribution in [0.2, 0.25) is 0 Å². The number of benzene rings is 2. The maximum absolute atomic E-state index is 13.3. The molecule has 0 radical (unpaired) electrons. The molecule has 0 saturated heterocycles. The molecule has 0 fully saturated rings. The molecule has 4 nitrogen and oxygen atoms in total. The molecule has 4 aromatic rings. The lowest BCUT2D eigenvalue weighted by Gasteiger charge is -2.19. The van der Waals surface area contributed by atoms with Gasteiger partial charge in [0.25, 0.3) is 0 Å². The van der Waals surface area contributed by atoms with E-state index in [4.69, 9.17) is 4.98 Å². The minimum atomic E-state index is 0.0405. The number of amides is 1. The van der Waals surface area contributed by atoms with Gasteiger partial charge >= 0.3 is 0 Å². The monoisotopic (exact) mass is 433 g/mol. The van der Waals surface area contributed by atoms with Crippen molar-refractivity contribution in [3.8, 4) is 0 Å². The third kappa shape index (κ3) is 4.55. The molecule has 0 bridgehead atoms. The molecule has 2 heterocycles. The lowest BCUT2D eigenvalue weighted by molar-refractivity contribution is -0.116.